The van der Waals surface area contributed by atoms with Crippen LogP contribution in [-0.2, 0) is 13.1 Å². The number of anilines is 1. The van der Waals surface area contributed by atoms with Crippen LogP contribution in [0.5, 0.6) is 0 Å². The first-order valence-electron chi connectivity index (χ1n) is 9.79. The van der Waals surface area contributed by atoms with Gasteiger partial charge in [0.15, 0.2) is 0 Å². The van der Waals surface area contributed by atoms with Crippen molar-refractivity contribution in [3.8, 4) is 0 Å². The first-order chi connectivity index (χ1) is 14.1. The molecule has 2 N–H and O–H groups in total. The summed E-state index contributed by atoms with van der Waals surface area (Å²) in [5.41, 5.74) is 6.90. The Morgan fingerprint density at radius 1 is 1.07 bits per heavy atom. The summed E-state index contributed by atoms with van der Waals surface area (Å²) < 4.78 is 0. The smallest absolute Gasteiger partial charge is 0.130 e. The number of benzene rings is 2. The number of hydrogen-bond donors (Lipinski definition) is 2. The summed E-state index contributed by atoms with van der Waals surface area (Å²) in [6, 6.07) is 15.0. The largest absolute Gasteiger partial charge is 0.351 e. The van der Waals surface area contributed by atoms with E-state index in [0.717, 1.165) is 52.2 Å². The lowest BCUT2D eigenvalue weighted by molar-refractivity contribution is 0.657. The molecule has 1 aromatic heterocycles. The van der Waals surface area contributed by atoms with Crippen molar-refractivity contribution in [3.63, 3.8) is 0 Å². The van der Waals surface area contributed by atoms with Crippen LogP contribution < -0.4 is 10.6 Å². The summed E-state index contributed by atoms with van der Waals surface area (Å²) >= 11 is 0. The first-order valence-corrected chi connectivity index (χ1v) is 9.79. The van der Waals surface area contributed by atoms with Crippen molar-refractivity contribution < 1.29 is 0 Å². The van der Waals surface area contributed by atoms with Crippen LogP contribution in [0.15, 0.2) is 74.1 Å². The molecule has 2 heterocycles. The Bertz CT molecular complexity index is 1130. The van der Waals surface area contributed by atoms with Gasteiger partial charge < -0.3 is 15.5 Å². The molecule has 0 aliphatic carbocycles. The number of nitrogens with zero attached hydrogens (tertiary/aromatic N) is 2. The van der Waals surface area contributed by atoms with E-state index in [-0.39, 0.29) is 0 Å². The van der Waals surface area contributed by atoms with Crippen LogP contribution in [-0.4, -0.2) is 16.9 Å². The summed E-state index contributed by atoms with van der Waals surface area (Å²) in [5, 5.41) is 8.98. The second kappa shape index (κ2) is 7.94. The van der Waals surface area contributed by atoms with E-state index in [1.54, 1.807) is 0 Å². The van der Waals surface area contributed by atoms with Crippen LogP contribution in [0.4, 0.5) is 5.82 Å². The van der Waals surface area contributed by atoms with Crippen molar-refractivity contribution in [1.29, 1.82) is 0 Å². The van der Waals surface area contributed by atoms with Gasteiger partial charge in [-0.2, -0.15) is 0 Å². The minimum Gasteiger partial charge on any atom is -0.351 e. The average molecular weight is 383 g/mol. The molecule has 0 atom stereocenters. The Hall–Kier alpha value is -3.37. The fraction of sp³-hybridized carbons (Fsp3) is 0.160. The molecular formula is C25H26N4. The quantitative estimate of drug-likeness (QED) is 0.602. The highest BCUT2D eigenvalue weighted by Gasteiger charge is 2.12. The topological polar surface area (TPSA) is 40.2 Å². The number of pyridine rings is 1. The van der Waals surface area contributed by atoms with Crippen molar-refractivity contribution in [2.75, 3.05) is 12.4 Å². The molecule has 1 aliphatic rings. The van der Waals surface area contributed by atoms with Gasteiger partial charge in [0.05, 0.1) is 0 Å². The number of aromatic nitrogens is 1. The molecule has 0 fully saturated rings. The third-order valence-electron chi connectivity index (χ3n) is 5.41. The van der Waals surface area contributed by atoms with Crippen molar-refractivity contribution in [3.05, 3.63) is 96.3 Å². The fourth-order valence-electron chi connectivity index (χ4n) is 3.75. The lowest BCUT2D eigenvalue weighted by atomic mass is 10.0. The van der Waals surface area contributed by atoms with E-state index in [0.29, 0.717) is 0 Å². The van der Waals surface area contributed by atoms with Crippen molar-refractivity contribution in [2.45, 2.75) is 20.0 Å². The lowest BCUT2D eigenvalue weighted by Crippen LogP contribution is -2.08. The molecule has 4 heteroatoms. The van der Waals surface area contributed by atoms with Gasteiger partial charge in [-0.3, -0.25) is 0 Å². The zero-order chi connectivity index (χ0) is 20.4. The minimum atomic E-state index is 0.789. The van der Waals surface area contributed by atoms with E-state index >= 15 is 0 Å². The summed E-state index contributed by atoms with van der Waals surface area (Å²) in [5.74, 6) is 0.789. The molecule has 0 amide bonds. The van der Waals surface area contributed by atoms with Gasteiger partial charge in [-0.15, -0.1) is 0 Å². The monoisotopic (exact) mass is 382 g/mol. The Balaban J connectivity index is 1.61. The molecule has 146 valence electrons. The van der Waals surface area contributed by atoms with Crippen LogP contribution >= 0.6 is 0 Å². The van der Waals surface area contributed by atoms with E-state index in [2.05, 4.69) is 77.3 Å². The molecule has 1 aliphatic heterocycles. The molecule has 0 saturated carbocycles. The maximum Gasteiger partial charge on any atom is 0.130 e. The van der Waals surface area contributed by atoms with Crippen molar-refractivity contribution >= 4 is 28.0 Å². The molecule has 2 aromatic carbocycles. The van der Waals surface area contributed by atoms with Gasteiger partial charge in [-0.05, 0) is 59.0 Å². The Morgan fingerprint density at radius 2 is 1.86 bits per heavy atom. The summed E-state index contributed by atoms with van der Waals surface area (Å²) in [6.07, 6.45) is 5.80. The van der Waals surface area contributed by atoms with Crippen LogP contribution in [0.1, 0.15) is 29.2 Å². The highest BCUT2D eigenvalue weighted by atomic mass is 15.1. The zero-order valence-electron chi connectivity index (χ0n) is 17.0. The first kappa shape index (κ1) is 19.0. The molecule has 0 spiro atoms. The zero-order valence-corrected chi connectivity index (χ0v) is 17.0. The van der Waals surface area contributed by atoms with Crippen LogP contribution in [0.3, 0.4) is 0 Å². The molecule has 0 radical (unpaired) electrons. The molecule has 4 rings (SSSR count). The molecule has 4 nitrogen and oxygen atoms in total. The highest BCUT2D eigenvalue weighted by Crippen LogP contribution is 2.26. The second-order valence-corrected chi connectivity index (χ2v) is 7.29. The van der Waals surface area contributed by atoms with E-state index < -0.39 is 0 Å². The predicted molar refractivity (Wildman–Crippen MR) is 123 cm³/mol. The SMILES string of the molecule is C=CN(C)/C(=C\C)c1ccc2cnc(NC(=C)c3ccc4c(c3)CNC4)cc2c1. The summed E-state index contributed by atoms with van der Waals surface area (Å²) in [6.45, 7) is 12.0. The number of allylic oxidation sites excluding steroid dienone is 1. The van der Waals surface area contributed by atoms with Gasteiger partial charge in [0.2, 0.25) is 0 Å². The standard InChI is InChI=1S/C25H26N4/c1-5-24(29(4)6-2)19-8-10-21-16-27-25(13-22(21)12-19)28-17(3)18-7-9-20-14-26-15-23(20)11-18/h5-13,16,26H,2-3,14-15H2,1,4H3,(H,27,28)/b24-5-. The van der Waals surface area contributed by atoms with Gasteiger partial charge in [0, 0.05) is 43.1 Å². The fourth-order valence-corrected chi connectivity index (χ4v) is 3.75. The second-order valence-electron chi connectivity index (χ2n) is 7.29. The van der Waals surface area contributed by atoms with Gasteiger partial charge >= 0.3 is 0 Å². The molecule has 3 aromatic rings. The van der Waals surface area contributed by atoms with Gasteiger partial charge in [0.1, 0.15) is 5.82 Å². The normalized spacial score (nSPS) is 13.2. The van der Waals surface area contributed by atoms with Crippen molar-refractivity contribution in [1.82, 2.24) is 15.2 Å². The lowest BCUT2D eigenvalue weighted by Gasteiger charge is -2.18. The maximum atomic E-state index is 4.57. The summed E-state index contributed by atoms with van der Waals surface area (Å²) in [4.78, 5) is 6.59. The number of nitrogens with one attached hydrogen (secondary N) is 2. The van der Waals surface area contributed by atoms with Gasteiger partial charge in [-0.1, -0.05) is 43.5 Å². The third-order valence-corrected chi connectivity index (χ3v) is 5.41. The van der Waals surface area contributed by atoms with Crippen molar-refractivity contribution in [2.24, 2.45) is 0 Å². The Labute approximate surface area is 172 Å². The van der Waals surface area contributed by atoms with Gasteiger partial charge in [0.25, 0.3) is 0 Å². The van der Waals surface area contributed by atoms with E-state index in [1.807, 2.05) is 31.3 Å². The highest BCUT2D eigenvalue weighted by molar-refractivity contribution is 5.88. The number of hydrogen-bond acceptors (Lipinski definition) is 4. The predicted octanol–water partition coefficient (Wildman–Crippen LogP) is 5.36. The van der Waals surface area contributed by atoms with Crippen LogP contribution in [0.2, 0.25) is 0 Å². The third kappa shape index (κ3) is 3.80. The Morgan fingerprint density at radius 3 is 2.66 bits per heavy atom. The Kier molecular flexibility index (Phi) is 5.19. The van der Waals surface area contributed by atoms with Crippen LogP contribution in [0.25, 0.3) is 22.2 Å². The van der Waals surface area contributed by atoms with E-state index in [9.17, 15) is 0 Å². The molecule has 0 saturated heterocycles. The van der Waals surface area contributed by atoms with Crippen LogP contribution in [0, 0.1) is 0 Å². The molecular weight excluding hydrogens is 356 g/mol. The molecule has 0 bridgehead atoms. The minimum absolute atomic E-state index is 0.789. The number of rotatable bonds is 6. The van der Waals surface area contributed by atoms with E-state index in [4.69, 9.17) is 0 Å². The van der Waals surface area contributed by atoms with Gasteiger partial charge in [-0.25, -0.2) is 4.98 Å². The number of fused-ring (bicyclic) bond motifs is 2. The molecule has 0 unspecified atom stereocenters. The maximum absolute atomic E-state index is 4.57. The van der Waals surface area contributed by atoms with E-state index in [1.165, 1.54) is 11.1 Å². The summed E-state index contributed by atoms with van der Waals surface area (Å²) in [7, 11) is 2.00. The molecule has 29 heavy (non-hydrogen) atoms. The average Bonchev–Trinajstić information content (AvgIpc) is 3.21.